The number of unbranched alkanes of at least 4 members (excludes halogenated alkanes) is 1. The van der Waals surface area contributed by atoms with Crippen LogP contribution in [0.4, 0.5) is 0 Å². The zero-order chi connectivity index (χ0) is 8.53. The van der Waals surface area contributed by atoms with Gasteiger partial charge >= 0.3 is 5.97 Å². The zero-order valence-electron chi connectivity index (χ0n) is 6.88. The van der Waals surface area contributed by atoms with E-state index >= 15 is 0 Å². The van der Waals surface area contributed by atoms with Gasteiger partial charge in [-0.2, -0.15) is 0 Å². The number of ether oxygens (including phenoxy) is 1. The van der Waals surface area contributed by atoms with Crippen molar-refractivity contribution >= 4 is 5.97 Å². The van der Waals surface area contributed by atoms with E-state index in [1.165, 1.54) is 6.08 Å². The van der Waals surface area contributed by atoms with E-state index in [0.29, 0.717) is 13.2 Å². The lowest BCUT2D eigenvalue weighted by molar-refractivity contribution is -0.137. The summed E-state index contributed by atoms with van der Waals surface area (Å²) in [6.45, 7) is 2.87. The van der Waals surface area contributed by atoms with Gasteiger partial charge in [0.2, 0.25) is 0 Å². The molecule has 0 aromatic heterocycles. The van der Waals surface area contributed by atoms with Gasteiger partial charge < -0.3 is 10.5 Å². The first kappa shape index (κ1) is 10.2. The maximum atomic E-state index is 10.7. The highest BCUT2D eigenvalue weighted by atomic mass is 16.5. The van der Waals surface area contributed by atoms with Gasteiger partial charge in [0.1, 0.15) is 0 Å². The molecule has 0 saturated heterocycles. The van der Waals surface area contributed by atoms with Gasteiger partial charge in [-0.15, -0.1) is 0 Å². The predicted octanol–water partition coefficient (Wildman–Crippen LogP) is 0.845. The Bertz CT molecular complexity index is 132. The molecule has 0 aliphatic heterocycles. The van der Waals surface area contributed by atoms with Crippen LogP contribution < -0.4 is 5.73 Å². The molecule has 64 valence electrons. The molecule has 0 amide bonds. The molecule has 0 heterocycles. The molecule has 0 unspecified atom stereocenters. The predicted molar refractivity (Wildman–Crippen MR) is 44.1 cm³/mol. The number of nitrogens with two attached hydrogens (primary N) is 1. The third kappa shape index (κ3) is 7.06. The summed E-state index contributed by atoms with van der Waals surface area (Å²) in [5, 5.41) is 0. The van der Waals surface area contributed by atoms with Gasteiger partial charge in [-0.1, -0.05) is 6.08 Å². The van der Waals surface area contributed by atoms with Crippen molar-refractivity contribution in [2.45, 2.75) is 19.8 Å². The van der Waals surface area contributed by atoms with Crippen LogP contribution in [0.2, 0.25) is 0 Å². The summed E-state index contributed by atoms with van der Waals surface area (Å²) in [6, 6.07) is 0. The average Bonchev–Trinajstić information content (AvgIpc) is 1.99. The molecule has 0 saturated carbocycles. The molecule has 11 heavy (non-hydrogen) atoms. The normalized spacial score (nSPS) is 10.4. The Balaban J connectivity index is 3.32. The summed E-state index contributed by atoms with van der Waals surface area (Å²) in [4.78, 5) is 10.7. The number of carbonyl (C=O) groups excluding carboxylic acids is 1. The van der Waals surface area contributed by atoms with Crippen molar-refractivity contribution in [3.63, 3.8) is 0 Å². The molecule has 0 rings (SSSR count). The smallest absolute Gasteiger partial charge is 0.330 e. The van der Waals surface area contributed by atoms with Crippen molar-refractivity contribution in [1.29, 1.82) is 0 Å². The van der Waals surface area contributed by atoms with Crippen LogP contribution in [-0.2, 0) is 9.53 Å². The molecule has 3 heteroatoms. The fourth-order valence-electron chi connectivity index (χ4n) is 0.606. The standard InChI is InChI=1S/C8H15NO2/c1-2-11-8(10)6-4-3-5-7-9/h4,6H,2-3,5,7,9H2,1H3. The summed E-state index contributed by atoms with van der Waals surface area (Å²) >= 11 is 0. The van der Waals surface area contributed by atoms with Crippen LogP contribution >= 0.6 is 0 Å². The quantitative estimate of drug-likeness (QED) is 0.365. The number of carbonyl (C=O) groups is 1. The van der Waals surface area contributed by atoms with Gasteiger partial charge in [-0.25, -0.2) is 4.79 Å². The summed E-state index contributed by atoms with van der Waals surface area (Å²) in [7, 11) is 0. The summed E-state index contributed by atoms with van der Waals surface area (Å²) in [5.74, 6) is -0.274. The van der Waals surface area contributed by atoms with Crippen molar-refractivity contribution in [3.8, 4) is 0 Å². The average molecular weight is 157 g/mol. The molecule has 0 radical (unpaired) electrons. The van der Waals surface area contributed by atoms with Crippen molar-refractivity contribution in [1.82, 2.24) is 0 Å². The van der Waals surface area contributed by atoms with E-state index in [0.717, 1.165) is 12.8 Å². The zero-order valence-corrected chi connectivity index (χ0v) is 6.88. The Morgan fingerprint density at radius 1 is 1.64 bits per heavy atom. The van der Waals surface area contributed by atoms with E-state index in [4.69, 9.17) is 5.73 Å². The third-order valence-corrected chi connectivity index (χ3v) is 1.12. The SMILES string of the molecule is CCOC(=O)C=CCCCN. The van der Waals surface area contributed by atoms with E-state index in [2.05, 4.69) is 4.74 Å². The van der Waals surface area contributed by atoms with E-state index in [9.17, 15) is 4.79 Å². The minimum absolute atomic E-state index is 0.274. The Kier molecular flexibility index (Phi) is 6.73. The molecule has 0 aromatic carbocycles. The Labute approximate surface area is 67.2 Å². The fourth-order valence-corrected chi connectivity index (χ4v) is 0.606. The lowest BCUT2D eigenvalue weighted by Gasteiger charge is -1.93. The third-order valence-electron chi connectivity index (χ3n) is 1.12. The number of hydrogen-bond acceptors (Lipinski definition) is 3. The molecule has 0 spiro atoms. The molecule has 0 aliphatic rings. The van der Waals surface area contributed by atoms with Gasteiger partial charge in [0.15, 0.2) is 0 Å². The number of allylic oxidation sites excluding steroid dienone is 1. The van der Waals surface area contributed by atoms with Crippen molar-refractivity contribution < 1.29 is 9.53 Å². The Morgan fingerprint density at radius 3 is 2.91 bits per heavy atom. The number of esters is 1. The lowest BCUT2D eigenvalue weighted by Crippen LogP contribution is -1.99. The monoisotopic (exact) mass is 157 g/mol. The molecule has 0 aliphatic carbocycles. The van der Waals surface area contributed by atoms with Crippen LogP contribution in [0, 0.1) is 0 Å². The van der Waals surface area contributed by atoms with Gasteiger partial charge in [0, 0.05) is 6.08 Å². The van der Waals surface area contributed by atoms with Crippen molar-refractivity contribution in [2.75, 3.05) is 13.2 Å². The van der Waals surface area contributed by atoms with Gasteiger partial charge in [-0.3, -0.25) is 0 Å². The first-order valence-electron chi connectivity index (χ1n) is 3.84. The van der Waals surface area contributed by atoms with Crippen molar-refractivity contribution in [3.05, 3.63) is 12.2 Å². The van der Waals surface area contributed by atoms with Gasteiger partial charge in [-0.05, 0) is 26.3 Å². The van der Waals surface area contributed by atoms with Gasteiger partial charge in [0.05, 0.1) is 6.61 Å². The second-order valence-corrected chi connectivity index (χ2v) is 2.09. The van der Waals surface area contributed by atoms with Crippen LogP contribution in [-0.4, -0.2) is 19.1 Å². The van der Waals surface area contributed by atoms with E-state index in [1.54, 1.807) is 13.0 Å². The summed E-state index contributed by atoms with van der Waals surface area (Å²) < 4.78 is 4.67. The van der Waals surface area contributed by atoms with E-state index in [1.807, 2.05) is 0 Å². The first-order chi connectivity index (χ1) is 5.31. The molecule has 2 N–H and O–H groups in total. The molecular formula is C8H15NO2. The van der Waals surface area contributed by atoms with Crippen LogP contribution in [0.15, 0.2) is 12.2 Å². The lowest BCUT2D eigenvalue weighted by atomic mass is 10.3. The highest BCUT2D eigenvalue weighted by molar-refractivity contribution is 5.81. The maximum absolute atomic E-state index is 10.7. The molecule has 0 aromatic rings. The molecular weight excluding hydrogens is 142 g/mol. The Morgan fingerprint density at radius 2 is 2.36 bits per heavy atom. The second-order valence-electron chi connectivity index (χ2n) is 2.09. The topological polar surface area (TPSA) is 52.3 Å². The van der Waals surface area contributed by atoms with Crippen LogP contribution in [0.1, 0.15) is 19.8 Å². The summed E-state index contributed by atoms with van der Waals surface area (Å²) in [6.07, 6.45) is 4.98. The highest BCUT2D eigenvalue weighted by Crippen LogP contribution is 1.89. The van der Waals surface area contributed by atoms with E-state index < -0.39 is 0 Å². The van der Waals surface area contributed by atoms with Crippen LogP contribution in [0.3, 0.4) is 0 Å². The number of rotatable bonds is 5. The fraction of sp³-hybridized carbons (Fsp3) is 0.625. The minimum Gasteiger partial charge on any atom is -0.463 e. The molecule has 0 fully saturated rings. The molecule has 0 bridgehead atoms. The first-order valence-corrected chi connectivity index (χ1v) is 3.84. The van der Waals surface area contributed by atoms with Crippen LogP contribution in [0.5, 0.6) is 0 Å². The largest absolute Gasteiger partial charge is 0.463 e. The second kappa shape index (κ2) is 7.28. The highest BCUT2D eigenvalue weighted by Gasteiger charge is 1.90. The van der Waals surface area contributed by atoms with Crippen LogP contribution in [0.25, 0.3) is 0 Å². The van der Waals surface area contributed by atoms with Gasteiger partial charge in [0.25, 0.3) is 0 Å². The minimum atomic E-state index is -0.274. The Hall–Kier alpha value is -0.830. The number of hydrogen-bond donors (Lipinski definition) is 1. The summed E-state index contributed by atoms with van der Waals surface area (Å²) in [5.41, 5.74) is 5.25. The molecule has 3 nitrogen and oxygen atoms in total. The van der Waals surface area contributed by atoms with Crippen molar-refractivity contribution in [2.24, 2.45) is 5.73 Å². The maximum Gasteiger partial charge on any atom is 0.330 e. The van der Waals surface area contributed by atoms with E-state index in [-0.39, 0.29) is 5.97 Å². The molecule has 0 atom stereocenters.